The third kappa shape index (κ3) is 3.96. The highest BCUT2D eigenvalue weighted by Gasteiger charge is 2.14. The van der Waals surface area contributed by atoms with Crippen LogP contribution in [0.25, 0.3) is 0 Å². The molecular formula is C14H15N3O2S. The van der Waals surface area contributed by atoms with Crippen LogP contribution in [0.4, 0.5) is 11.5 Å². The summed E-state index contributed by atoms with van der Waals surface area (Å²) in [6.07, 6.45) is 0. The van der Waals surface area contributed by atoms with Crippen molar-refractivity contribution in [1.82, 2.24) is 4.98 Å². The normalized spacial score (nSPS) is 10.2. The zero-order valence-electron chi connectivity index (χ0n) is 11.1. The molecule has 0 aliphatic rings. The van der Waals surface area contributed by atoms with Gasteiger partial charge in [-0.05, 0) is 25.1 Å². The molecule has 20 heavy (non-hydrogen) atoms. The second kappa shape index (κ2) is 6.91. The minimum absolute atomic E-state index is 0.0142. The van der Waals surface area contributed by atoms with Crippen LogP contribution in [0.5, 0.6) is 0 Å². The number of hydrogen-bond acceptors (Lipinski definition) is 5. The van der Waals surface area contributed by atoms with E-state index < -0.39 is 4.92 Å². The Labute approximate surface area is 121 Å². The van der Waals surface area contributed by atoms with Crippen molar-refractivity contribution in [2.45, 2.75) is 11.8 Å². The second-order valence-electron chi connectivity index (χ2n) is 4.17. The largest absolute Gasteiger partial charge is 0.363 e. The highest BCUT2D eigenvalue weighted by molar-refractivity contribution is 7.99. The Morgan fingerprint density at radius 2 is 2.00 bits per heavy atom. The molecule has 0 aliphatic heterocycles. The van der Waals surface area contributed by atoms with E-state index in [9.17, 15) is 10.1 Å². The number of thioether (sulfide) groups is 1. The first-order chi connectivity index (χ1) is 9.66. The molecule has 0 saturated carbocycles. The molecule has 1 heterocycles. The first-order valence-corrected chi connectivity index (χ1v) is 7.19. The van der Waals surface area contributed by atoms with Crippen LogP contribution < -0.4 is 5.32 Å². The summed E-state index contributed by atoms with van der Waals surface area (Å²) in [7, 11) is 0. The molecule has 2 rings (SSSR count). The molecule has 2 aromatic rings. The monoisotopic (exact) mass is 289 g/mol. The van der Waals surface area contributed by atoms with Gasteiger partial charge in [-0.2, -0.15) is 0 Å². The molecule has 0 atom stereocenters. The average molecular weight is 289 g/mol. The maximum absolute atomic E-state index is 10.9. The summed E-state index contributed by atoms with van der Waals surface area (Å²) >= 11 is 1.70. The van der Waals surface area contributed by atoms with Gasteiger partial charge in [-0.15, -0.1) is 11.8 Å². The minimum Gasteiger partial charge on any atom is -0.363 e. The molecule has 1 aromatic carbocycles. The highest BCUT2D eigenvalue weighted by Crippen LogP contribution is 2.22. The summed E-state index contributed by atoms with van der Waals surface area (Å²) in [5.41, 5.74) is 0.772. The molecule has 0 saturated heterocycles. The number of nitro groups is 1. The van der Waals surface area contributed by atoms with Crippen molar-refractivity contribution in [2.24, 2.45) is 0 Å². The summed E-state index contributed by atoms with van der Waals surface area (Å²) in [4.78, 5) is 15.8. The smallest absolute Gasteiger partial charge is 0.311 e. The number of pyridine rings is 1. The molecule has 1 N–H and O–H groups in total. The molecule has 0 amide bonds. The van der Waals surface area contributed by atoms with Gasteiger partial charge in [0.2, 0.25) is 5.82 Å². The van der Waals surface area contributed by atoms with E-state index in [1.54, 1.807) is 17.8 Å². The topological polar surface area (TPSA) is 68.1 Å². The first kappa shape index (κ1) is 14.3. The van der Waals surface area contributed by atoms with E-state index in [0.29, 0.717) is 12.4 Å². The Kier molecular flexibility index (Phi) is 4.95. The molecular weight excluding hydrogens is 274 g/mol. The molecule has 1 aromatic heterocycles. The lowest BCUT2D eigenvalue weighted by molar-refractivity contribution is -0.384. The van der Waals surface area contributed by atoms with Gasteiger partial charge in [0, 0.05) is 29.0 Å². The van der Waals surface area contributed by atoms with Crippen LogP contribution in [0.2, 0.25) is 0 Å². The van der Waals surface area contributed by atoms with Gasteiger partial charge in [0.05, 0.1) is 4.92 Å². The quantitative estimate of drug-likeness (QED) is 0.381. The Hall–Kier alpha value is -2.08. The zero-order chi connectivity index (χ0) is 14.4. The number of aromatic nitrogens is 1. The molecule has 0 fully saturated rings. The molecule has 0 radical (unpaired) electrons. The summed E-state index contributed by atoms with van der Waals surface area (Å²) in [6.45, 7) is 2.43. The fourth-order valence-electron chi connectivity index (χ4n) is 1.68. The van der Waals surface area contributed by atoms with Crippen molar-refractivity contribution in [3.8, 4) is 0 Å². The Morgan fingerprint density at radius 3 is 2.70 bits per heavy atom. The lowest BCUT2D eigenvalue weighted by atomic mass is 10.3. The van der Waals surface area contributed by atoms with Crippen LogP contribution in [0.1, 0.15) is 5.69 Å². The molecule has 0 spiro atoms. The zero-order valence-corrected chi connectivity index (χ0v) is 11.9. The number of nitrogens with one attached hydrogen (secondary N) is 1. The van der Waals surface area contributed by atoms with Crippen LogP contribution in [0, 0.1) is 17.0 Å². The molecule has 0 bridgehead atoms. The summed E-state index contributed by atoms with van der Waals surface area (Å²) in [6, 6.07) is 13.2. The summed E-state index contributed by atoms with van der Waals surface area (Å²) in [5, 5.41) is 13.9. The molecule has 0 aliphatic carbocycles. The first-order valence-electron chi connectivity index (χ1n) is 6.20. The lowest BCUT2D eigenvalue weighted by Gasteiger charge is -2.07. The second-order valence-corrected chi connectivity index (χ2v) is 5.33. The highest BCUT2D eigenvalue weighted by atomic mass is 32.2. The van der Waals surface area contributed by atoms with Gasteiger partial charge in [-0.3, -0.25) is 10.1 Å². The Balaban J connectivity index is 1.91. The van der Waals surface area contributed by atoms with E-state index >= 15 is 0 Å². The van der Waals surface area contributed by atoms with Gasteiger partial charge < -0.3 is 5.32 Å². The van der Waals surface area contributed by atoms with Gasteiger partial charge in [0.1, 0.15) is 0 Å². The van der Waals surface area contributed by atoms with E-state index in [1.807, 2.05) is 37.3 Å². The summed E-state index contributed by atoms with van der Waals surface area (Å²) < 4.78 is 0. The molecule has 0 unspecified atom stereocenters. The van der Waals surface area contributed by atoms with Crippen molar-refractivity contribution in [2.75, 3.05) is 17.6 Å². The van der Waals surface area contributed by atoms with Gasteiger partial charge in [0.25, 0.3) is 0 Å². The van der Waals surface area contributed by atoms with Crippen molar-refractivity contribution >= 4 is 23.3 Å². The van der Waals surface area contributed by atoms with Gasteiger partial charge >= 0.3 is 5.69 Å². The molecule has 6 heteroatoms. The number of hydrogen-bond donors (Lipinski definition) is 1. The van der Waals surface area contributed by atoms with Crippen molar-refractivity contribution < 1.29 is 4.92 Å². The maximum Gasteiger partial charge on any atom is 0.311 e. The van der Waals surface area contributed by atoms with E-state index in [1.165, 1.54) is 11.0 Å². The summed E-state index contributed by atoms with van der Waals surface area (Å²) in [5.74, 6) is 1.15. The van der Waals surface area contributed by atoms with E-state index in [0.717, 1.165) is 11.4 Å². The fourth-order valence-corrected chi connectivity index (χ4v) is 2.47. The third-order valence-electron chi connectivity index (χ3n) is 2.62. The fraction of sp³-hybridized carbons (Fsp3) is 0.214. The van der Waals surface area contributed by atoms with Crippen LogP contribution in [-0.2, 0) is 0 Å². The third-order valence-corrected chi connectivity index (χ3v) is 3.63. The van der Waals surface area contributed by atoms with E-state index in [4.69, 9.17) is 0 Å². The number of aryl methyl sites for hydroxylation is 1. The van der Waals surface area contributed by atoms with Crippen LogP contribution in [0.15, 0.2) is 47.4 Å². The lowest BCUT2D eigenvalue weighted by Crippen LogP contribution is -2.08. The van der Waals surface area contributed by atoms with Gasteiger partial charge in [-0.1, -0.05) is 18.2 Å². The number of nitrogens with zero attached hydrogens (tertiary/aromatic N) is 2. The van der Waals surface area contributed by atoms with E-state index in [2.05, 4.69) is 10.3 Å². The van der Waals surface area contributed by atoms with E-state index in [-0.39, 0.29) is 5.69 Å². The van der Waals surface area contributed by atoms with Crippen molar-refractivity contribution in [3.63, 3.8) is 0 Å². The predicted octanol–water partition coefficient (Wildman–Crippen LogP) is 3.50. The van der Waals surface area contributed by atoms with Gasteiger partial charge in [-0.25, -0.2) is 4.98 Å². The van der Waals surface area contributed by atoms with Crippen LogP contribution in [0.3, 0.4) is 0 Å². The number of benzene rings is 1. The van der Waals surface area contributed by atoms with Crippen molar-refractivity contribution in [3.05, 3.63) is 58.3 Å². The maximum atomic E-state index is 10.9. The Bertz CT molecular complexity index is 590. The number of rotatable bonds is 6. The van der Waals surface area contributed by atoms with Crippen molar-refractivity contribution in [1.29, 1.82) is 0 Å². The molecule has 104 valence electrons. The SMILES string of the molecule is Cc1ccc([N+](=O)[O-])c(NCCSc2ccccc2)n1. The molecule has 5 nitrogen and oxygen atoms in total. The predicted molar refractivity (Wildman–Crippen MR) is 81.3 cm³/mol. The average Bonchev–Trinajstić information content (AvgIpc) is 2.44. The Morgan fingerprint density at radius 1 is 1.25 bits per heavy atom. The minimum atomic E-state index is -0.418. The van der Waals surface area contributed by atoms with Crippen LogP contribution in [-0.4, -0.2) is 22.2 Å². The standard InChI is InChI=1S/C14H15N3O2S/c1-11-7-8-13(17(18)19)14(16-11)15-9-10-20-12-5-3-2-4-6-12/h2-8H,9-10H2,1H3,(H,15,16). The van der Waals surface area contributed by atoms with Gasteiger partial charge in [0.15, 0.2) is 0 Å². The number of anilines is 1. The van der Waals surface area contributed by atoms with Crippen LogP contribution >= 0.6 is 11.8 Å².